The predicted molar refractivity (Wildman–Crippen MR) is 68.1 cm³/mol. The Morgan fingerprint density at radius 2 is 1.85 bits per heavy atom. The molecular formula is C11H7ClF2N4O2. The van der Waals surface area contributed by atoms with E-state index in [-0.39, 0.29) is 22.5 Å². The quantitative estimate of drug-likeness (QED) is 0.534. The van der Waals surface area contributed by atoms with Gasteiger partial charge in [-0.2, -0.15) is 4.98 Å². The van der Waals surface area contributed by atoms with E-state index in [4.69, 9.17) is 11.6 Å². The number of hydrogen-bond donors (Lipinski definition) is 1. The maximum atomic E-state index is 13.1. The van der Waals surface area contributed by atoms with Crippen LogP contribution in [0.1, 0.15) is 5.69 Å². The molecule has 0 unspecified atom stereocenters. The zero-order chi connectivity index (χ0) is 14.9. The number of nitrogens with zero attached hydrogens (tertiary/aromatic N) is 3. The molecule has 0 aliphatic rings. The van der Waals surface area contributed by atoms with Crippen LogP contribution in [0.15, 0.2) is 18.2 Å². The molecule has 1 heterocycles. The van der Waals surface area contributed by atoms with E-state index >= 15 is 0 Å². The van der Waals surface area contributed by atoms with Gasteiger partial charge in [0.25, 0.3) is 0 Å². The standard InChI is InChI=1S/C11H7ClF2N4O2/c1-5-9(18(19)20)10(17-11(12)15-5)16-8-3-6(13)2-7(14)4-8/h2-4H,1H3,(H,15,16,17). The van der Waals surface area contributed by atoms with Crippen LogP contribution in [-0.2, 0) is 0 Å². The van der Waals surface area contributed by atoms with Gasteiger partial charge in [-0.05, 0) is 30.7 Å². The Morgan fingerprint density at radius 1 is 1.25 bits per heavy atom. The van der Waals surface area contributed by atoms with Gasteiger partial charge >= 0.3 is 5.69 Å². The lowest BCUT2D eigenvalue weighted by atomic mass is 10.3. The molecule has 0 atom stereocenters. The highest BCUT2D eigenvalue weighted by Crippen LogP contribution is 2.29. The molecule has 0 saturated heterocycles. The van der Waals surface area contributed by atoms with Crippen molar-refractivity contribution in [3.05, 3.63) is 50.9 Å². The van der Waals surface area contributed by atoms with E-state index in [1.807, 2.05) is 0 Å². The van der Waals surface area contributed by atoms with Gasteiger partial charge in [-0.3, -0.25) is 10.1 Å². The van der Waals surface area contributed by atoms with Crippen LogP contribution in [0.5, 0.6) is 0 Å². The van der Waals surface area contributed by atoms with Gasteiger partial charge in [-0.1, -0.05) is 0 Å². The molecule has 104 valence electrons. The van der Waals surface area contributed by atoms with E-state index in [1.165, 1.54) is 6.92 Å². The summed E-state index contributed by atoms with van der Waals surface area (Å²) in [4.78, 5) is 17.6. The zero-order valence-corrected chi connectivity index (χ0v) is 10.8. The molecule has 1 aromatic carbocycles. The van der Waals surface area contributed by atoms with Crippen molar-refractivity contribution in [1.29, 1.82) is 0 Å². The number of aromatic nitrogens is 2. The summed E-state index contributed by atoms with van der Waals surface area (Å²) in [7, 11) is 0. The lowest BCUT2D eigenvalue weighted by Gasteiger charge is -2.08. The maximum absolute atomic E-state index is 13.1. The number of hydrogen-bond acceptors (Lipinski definition) is 5. The Kier molecular flexibility index (Phi) is 3.75. The van der Waals surface area contributed by atoms with Gasteiger partial charge in [0.1, 0.15) is 17.3 Å². The zero-order valence-electron chi connectivity index (χ0n) is 10.0. The Labute approximate surface area is 116 Å². The molecule has 1 N–H and O–H groups in total. The molecule has 0 bridgehead atoms. The van der Waals surface area contributed by atoms with E-state index in [2.05, 4.69) is 15.3 Å². The third-order valence-corrected chi connectivity index (χ3v) is 2.51. The Bertz CT molecular complexity index is 676. The summed E-state index contributed by atoms with van der Waals surface area (Å²) in [6.07, 6.45) is 0. The first kappa shape index (κ1) is 14.1. The van der Waals surface area contributed by atoms with E-state index in [0.29, 0.717) is 6.07 Å². The second-order valence-electron chi connectivity index (χ2n) is 3.82. The van der Waals surface area contributed by atoms with Crippen LogP contribution < -0.4 is 5.32 Å². The fourth-order valence-electron chi connectivity index (χ4n) is 1.60. The van der Waals surface area contributed by atoms with Crippen LogP contribution in [0.2, 0.25) is 5.28 Å². The predicted octanol–water partition coefficient (Wildman–Crippen LogP) is 3.37. The van der Waals surface area contributed by atoms with Crippen molar-refractivity contribution in [2.75, 3.05) is 5.32 Å². The summed E-state index contributed by atoms with van der Waals surface area (Å²) < 4.78 is 26.2. The highest BCUT2D eigenvalue weighted by atomic mass is 35.5. The minimum absolute atomic E-state index is 0.0280. The number of nitrogens with one attached hydrogen (secondary N) is 1. The van der Waals surface area contributed by atoms with Crippen LogP contribution in [0.4, 0.5) is 26.0 Å². The number of anilines is 2. The molecule has 0 aliphatic carbocycles. The van der Waals surface area contributed by atoms with E-state index in [0.717, 1.165) is 12.1 Å². The molecule has 2 aromatic rings. The fraction of sp³-hybridized carbons (Fsp3) is 0.0909. The second kappa shape index (κ2) is 5.33. The van der Waals surface area contributed by atoms with Crippen molar-refractivity contribution in [3.63, 3.8) is 0 Å². The van der Waals surface area contributed by atoms with Gasteiger partial charge in [-0.15, -0.1) is 0 Å². The molecule has 20 heavy (non-hydrogen) atoms. The van der Waals surface area contributed by atoms with Gasteiger partial charge in [0.15, 0.2) is 0 Å². The smallest absolute Gasteiger partial charge is 0.332 e. The molecule has 0 aliphatic heterocycles. The highest BCUT2D eigenvalue weighted by molar-refractivity contribution is 6.28. The number of benzene rings is 1. The molecule has 6 nitrogen and oxygen atoms in total. The number of aryl methyl sites for hydroxylation is 1. The third kappa shape index (κ3) is 2.97. The number of halogens is 3. The highest BCUT2D eigenvalue weighted by Gasteiger charge is 2.22. The average molecular weight is 301 g/mol. The minimum Gasteiger partial charge on any atom is -0.334 e. The van der Waals surface area contributed by atoms with Gasteiger partial charge in [0, 0.05) is 11.8 Å². The summed E-state index contributed by atoms with van der Waals surface area (Å²) >= 11 is 5.62. The van der Waals surface area contributed by atoms with E-state index in [9.17, 15) is 18.9 Å². The van der Waals surface area contributed by atoms with Crippen LogP contribution >= 0.6 is 11.6 Å². The van der Waals surface area contributed by atoms with Gasteiger partial charge in [0.05, 0.1) is 4.92 Å². The summed E-state index contributed by atoms with van der Waals surface area (Å²) in [5, 5.41) is 13.2. The van der Waals surface area contributed by atoms with Crippen LogP contribution in [0.25, 0.3) is 0 Å². The largest absolute Gasteiger partial charge is 0.334 e. The third-order valence-electron chi connectivity index (χ3n) is 2.34. The first-order valence-corrected chi connectivity index (χ1v) is 5.66. The van der Waals surface area contributed by atoms with Crippen molar-refractivity contribution >= 4 is 28.8 Å². The maximum Gasteiger partial charge on any atom is 0.332 e. The Hall–Kier alpha value is -2.35. The van der Waals surface area contributed by atoms with Crippen LogP contribution in [-0.4, -0.2) is 14.9 Å². The number of nitro groups is 1. The second-order valence-corrected chi connectivity index (χ2v) is 4.15. The first-order chi connectivity index (χ1) is 9.36. The monoisotopic (exact) mass is 300 g/mol. The number of rotatable bonds is 3. The SMILES string of the molecule is Cc1nc(Cl)nc(Nc2cc(F)cc(F)c2)c1[N+](=O)[O-]. The van der Waals surface area contributed by atoms with Gasteiger partial charge in [0.2, 0.25) is 11.1 Å². The van der Waals surface area contributed by atoms with Crippen LogP contribution in [0.3, 0.4) is 0 Å². The molecule has 0 radical (unpaired) electrons. The van der Waals surface area contributed by atoms with Crippen molar-refractivity contribution in [3.8, 4) is 0 Å². The van der Waals surface area contributed by atoms with E-state index in [1.54, 1.807) is 0 Å². The lowest BCUT2D eigenvalue weighted by Crippen LogP contribution is -2.04. The summed E-state index contributed by atoms with van der Waals surface area (Å²) in [5.74, 6) is -1.89. The Balaban J connectivity index is 2.49. The molecule has 0 amide bonds. The topological polar surface area (TPSA) is 81.0 Å². The Morgan fingerprint density at radius 3 is 2.40 bits per heavy atom. The molecule has 1 aromatic heterocycles. The summed E-state index contributed by atoms with van der Waals surface area (Å²) in [5.41, 5.74) is -0.409. The van der Waals surface area contributed by atoms with E-state index < -0.39 is 22.2 Å². The van der Waals surface area contributed by atoms with Gasteiger partial charge in [-0.25, -0.2) is 13.8 Å². The van der Waals surface area contributed by atoms with Crippen molar-refractivity contribution in [1.82, 2.24) is 9.97 Å². The average Bonchev–Trinajstić information content (AvgIpc) is 2.25. The molecule has 0 saturated carbocycles. The normalized spacial score (nSPS) is 10.4. The molecular weight excluding hydrogens is 294 g/mol. The van der Waals surface area contributed by atoms with Crippen molar-refractivity contribution in [2.24, 2.45) is 0 Å². The first-order valence-electron chi connectivity index (χ1n) is 5.28. The van der Waals surface area contributed by atoms with Crippen molar-refractivity contribution in [2.45, 2.75) is 6.92 Å². The molecule has 9 heteroatoms. The summed E-state index contributed by atoms with van der Waals surface area (Å²) in [6.45, 7) is 1.38. The molecule has 0 spiro atoms. The minimum atomic E-state index is -0.827. The molecule has 2 rings (SSSR count). The summed E-state index contributed by atoms with van der Waals surface area (Å²) in [6, 6.07) is 2.62. The fourth-order valence-corrected chi connectivity index (χ4v) is 1.81. The molecule has 0 fully saturated rings. The lowest BCUT2D eigenvalue weighted by molar-refractivity contribution is -0.385. The van der Waals surface area contributed by atoms with Crippen LogP contribution in [0, 0.1) is 28.7 Å². The van der Waals surface area contributed by atoms with Crippen molar-refractivity contribution < 1.29 is 13.7 Å². The van der Waals surface area contributed by atoms with Gasteiger partial charge < -0.3 is 5.32 Å².